The molecule has 0 spiro atoms. The first-order valence-corrected chi connectivity index (χ1v) is 4.23. The second kappa shape index (κ2) is 4.08. The quantitative estimate of drug-likeness (QED) is 0.629. The average molecular weight is 261 g/mol. The fourth-order valence-corrected chi connectivity index (χ4v) is 1.02. The molecule has 0 aliphatic carbocycles. The van der Waals surface area contributed by atoms with E-state index in [1.165, 1.54) is 18.2 Å². The summed E-state index contributed by atoms with van der Waals surface area (Å²) in [5, 5.41) is 0.819. The molecule has 0 aliphatic heterocycles. The molecule has 0 unspecified atom stereocenters. The van der Waals surface area contributed by atoms with E-state index < -0.39 is 23.8 Å². The van der Waals surface area contributed by atoms with Gasteiger partial charge in [-0.2, -0.15) is 30.7 Å². The monoisotopic (exact) mass is 261 g/mol. The molecule has 0 amide bonds. The zero-order valence-corrected chi connectivity index (χ0v) is 8.03. The minimum absolute atomic E-state index is 0.621. The lowest BCUT2D eigenvalue weighted by atomic mass is 10.2. The first kappa shape index (κ1) is 13.6. The Labute approximate surface area is 91.2 Å². The van der Waals surface area contributed by atoms with Crippen LogP contribution in [0.5, 0.6) is 0 Å². The van der Waals surface area contributed by atoms with Crippen LogP contribution in [-0.2, 0) is 0 Å². The van der Waals surface area contributed by atoms with Crippen molar-refractivity contribution in [2.24, 2.45) is 0 Å². The van der Waals surface area contributed by atoms with Crippen LogP contribution in [0.3, 0.4) is 0 Å². The standard InChI is InChI=1S/C9H6F7N/c10-7(8(11,12)13,9(14,15)16)17-6-4-2-1-3-5-6/h1-5,17H. The van der Waals surface area contributed by atoms with E-state index in [0.29, 0.717) is 0 Å². The number of hydrogen-bond donors (Lipinski definition) is 1. The molecular formula is C9H6F7N. The fourth-order valence-electron chi connectivity index (χ4n) is 1.02. The number of halogens is 7. The SMILES string of the molecule is FC(F)(F)C(F)(Nc1ccccc1)C(F)(F)F. The smallest absolute Gasteiger partial charge is 0.338 e. The van der Waals surface area contributed by atoms with Crippen LogP contribution in [0.25, 0.3) is 0 Å². The van der Waals surface area contributed by atoms with Crippen LogP contribution in [0, 0.1) is 0 Å². The molecule has 0 aliphatic rings. The van der Waals surface area contributed by atoms with Crippen molar-refractivity contribution in [2.75, 3.05) is 5.32 Å². The molecule has 1 nitrogen and oxygen atoms in total. The molecular weight excluding hydrogens is 255 g/mol. The third-order valence-electron chi connectivity index (χ3n) is 1.87. The van der Waals surface area contributed by atoms with Crippen LogP contribution < -0.4 is 5.32 Å². The van der Waals surface area contributed by atoms with Gasteiger partial charge in [0.2, 0.25) is 0 Å². The number of nitrogens with one attached hydrogen (secondary N) is 1. The first-order chi connectivity index (χ1) is 7.58. The molecule has 1 rings (SSSR count). The maximum atomic E-state index is 13.1. The van der Waals surface area contributed by atoms with Gasteiger partial charge in [0.25, 0.3) is 0 Å². The number of anilines is 1. The molecule has 8 heteroatoms. The van der Waals surface area contributed by atoms with Crippen molar-refractivity contribution >= 4 is 5.69 Å². The van der Waals surface area contributed by atoms with E-state index in [1.54, 1.807) is 0 Å². The number of hydrogen-bond acceptors (Lipinski definition) is 1. The van der Waals surface area contributed by atoms with E-state index in [0.717, 1.165) is 17.4 Å². The highest BCUT2D eigenvalue weighted by Crippen LogP contribution is 2.46. The van der Waals surface area contributed by atoms with E-state index in [2.05, 4.69) is 0 Å². The molecule has 17 heavy (non-hydrogen) atoms. The summed E-state index contributed by atoms with van der Waals surface area (Å²) in [5.41, 5.74) is -0.621. The molecule has 0 heterocycles. The molecule has 0 saturated heterocycles. The molecule has 1 aromatic rings. The van der Waals surface area contributed by atoms with Gasteiger partial charge in [-0.3, -0.25) is 0 Å². The second-order valence-corrected chi connectivity index (χ2v) is 3.15. The summed E-state index contributed by atoms with van der Waals surface area (Å²) in [6.45, 7) is 0. The van der Waals surface area contributed by atoms with Gasteiger partial charge in [-0.25, -0.2) is 0 Å². The molecule has 96 valence electrons. The Balaban J connectivity index is 3.11. The van der Waals surface area contributed by atoms with Crippen LogP contribution in [0.15, 0.2) is 30.3 Å². The Morgan fingerprint density at radius 1 is 0.706 bits per heavy atom. The third-order valence-corrected chi connectivity index (χ3v) is 1.87. The molecule has 0 bridgehead atoms. The summed E-state index contributed by atoms with van der Waals surface area (Å²) in [7, 11) is 0. The predicted molar refractivity (Wildman–Crippen MR) is 46.0 cm³/mol. The highest BCUT2D eigenvalue weighted by Gasteiger charge is 2.73. The van der Waals surface area contributed by atoms with Crippen LogP contribution >= 0.6 is 0 Å². The van der Waals surface area contributed by atoms with Crippen LogP contribution in [0.1, 0.15) is 0 Å². The average Bonchev–Trinajstić information content (AvgIpc) is 2.15. The van der Waals surface area contributed by atoms with Crippen molar-refractivity contribution in [3.8, 4) is 0 Å². The van der Waals surface area contributed by atoms with Crippen molar-refractivity contribution in [3.05, 3.63) is 30.3 Å². The van der Waals surface area contributed by atoms with Gasteiger partial charge in [0.1, 0.15) is 0 Å². The van der Waals surface area contributed by atoms with Crippen LogP contribution in [-0.4, -0.2) is 18.1 Å². The minimum Gasteiger partial charge on any atom is -0.338 e. The van der Waals surface area contributed by atoms with Gasteiger partial charge >= 0.3 is 18.1 Å². The van der Waals surface area contributed by atoms with E-state index in [-0.39, 0.29) is 0 Å². The molecule has 1 aromatic carbocycles. The van der Waals surface area contributed by atoms with Gasteiger partial charge in [-0.1, -0.05) is 18.2 Å². The fraction of sp³-hybridized carbons (Fsp3) is 0.333. The lowest BCUT2D eigenvalue weighted by Gasteiger charge is -2.31. The van der Waals surface area contributed by atoms with E-state index in [9.17, 15) is 30.7 Å². The second-order valence-electron chi connectivity index (χ2n) is 3.15. The Morgan fingerprint density at radius 2 is 1.12 bits per heavy atom. The van der Waals surface area contributed by atoms with Gasteiger partial charge in [0, 0.05) is 5.69 Å². The molecule has 0 atom stereocenters. The summed E-state index contributed by atoms with van der Waals surface area (Å²) in [6.07, 6.45) is -12.2. The molecule has 0 saturated carbocycles. The summed E-state index contributed by atoms with van der Waals surface area (Å²) in [6, 6.07) is 5.51. The van der Waals surface area contributed by atoms with Gasteiger partial charge in [0.15, 0.2) is 0 Å². The maximum Gasteiger partial charge on any atom is 0.451 e. The number of alkyl halides is 7. The minimum atomic E-state index is -6.11. The Kier molecular flexibility index (Phi) is 3.26. The Morgan fingerprint density at radius 3 is 1.47 bits per heavy atom. The number of benzene rings is 1. The van der Waals surface area contributed by atoms with Gasteiger partial charge < -0.3 is 5.32 Å². The lowest BCUT2D eigenvalue weighted by Crippen LogP contribution is -2.58. The van der Waals surface area contributed by atoms with Crippen molar-refractivity contribution in [1.82, 2.24) is 0 Å². The summed E-state index contributed by atoms with van der Waals surface area (Å²) >= 11 is 0. The Hall–Kier alpha value is -1.47. The molecule has 0 aromatic heterocycles. The van der Waals surface area contributed by atoms with E-state index in [4.69, 9.17) is 0 Å². The maximum absolute atomic E-state index is 13.1. The molecule has 1 N–H and O–H groups in total. The summed E-state index contributed by atoms with van der Waals surface area (Å²) in [4.78, 5) is 0. The van der Waals surface area contributed by atoms with Crippen molar-refractivity contribution < 1.29 is 30.7 Å². The van der Waals surface area contributed by atoms with Crippen LogP contribution in [0.2, 0.25) is 0 Å². The number of para-hydroxylation sites is 1. The van der Waals surface area contributed by atoms with E-state index >= 15 is 0 Å². The normalized spacial score (nSPS) is 13.6. The zero-order valence-electron chi connectivity index (χ0n) is 8.03. The van der Waals surface area contributed by atoms with Gasteiger partial charge in [0.05, 0.1) is 0 Å². The highest BCUT2D eigenvalue weighted by atomic mass is 19.4. The lowest BCUT2D eigenvalue weighted by molar-refractivity contribution is -0.330. The molecule has 0 fully saturated rings. The largest absolute Gasteiger partial charge is 0.451 e. The summed E-state index contributed by atoms with van der Waals surface area (Å²) < 4.78 is 85.9. The predicted octanol–water partition coefficient (Wildman–Crippen LogP) is 3.89. The van der Waals surface area contributed by atoms with Crippen molar-refractivity contribution in [3.63, 3.8) is 0 Å². The zero-order chi connectivity index (χ0) is 13.3. The van der Waals surface area contributed by atoms with E-state index in [1.807, 2.05) is 0 Å². The first-order valence-electron chi connectivity index (χ1n) is 4.23. The Bertz CT molecular complexity index is 353. The molecule has 0 radical (unpaired) electrons. The van der Waals surface area contributed by atoms with Gasteiger partial charge in [-0.05, 0) is 12.1 Å². The van der Waals surface area contributed by atoms with Crippen molar-refractivity contribution in [2.45, 2.75) is 18.1 Å². The highest BCUT2D eigenvalue weighted by molar-refractivity contribution is 5.45. The summed E-state index contributed by atoms with van der Waals surface area (Å²) in [5.74, 6) is -5.47. The topological polar surface area (TPSA) is 12.0 Å². The van der Waals surface area contributed by atoms with Crippen LogP contribution in [0.4, 0.5) is 36.4 Å². The third kappa shape index (κ3) is 2.62. The van der Waals surface area contributed by atoms with Gasteiger partial charge in [-0.15, -0.1) is 0 Å². The van der Waals surface area contributed by atoms with Crippen molar-refractivity contribution in [1.29, 1.82) is 0 Å². The number of rotatable bonds is 2.